The van der Waals surface area contributed by atoms with E-state index in [0.717, 1.165) is 54.0 Å². The zero-order valence-corrected chi connectivity index (χ0v) is 28.7. The molecule has 0 fully saturated rings. The number of unbranched alkanes of at least 4 members (excludes halogenated alkanes) is 5. The molecule has 3 rings (SSSR count). The van der Waals surface area contributed by atoms with Gasteiger partial charge in [-0.3, -0.25) is 9.59 Å². The first-order valence-corrected chi connectivity index (χ1v) is 17.6. The van der Waals surface area contributed by atoms with Crippen molar-refractivity contribution in [2.24, 2.45) is 0 Å². The summed E-state index contributed by atoms with van der Waals surface area (Å²) in [6, 6.07) is 19.8. The van der Waals surface area contributed by atoms with Gasteiger partial charge in [-0.05, 0) is 81.0 Å². The Morgan fingerprint density at radius 2 is 1.56 bits per heavy atom. The van der Waals surface area contributed by atoms with Crippen LogP contribution in [0.5, 0.6) is 0 Å². The summed E-state index contributed by atoms with van der Waals surface area (Å²) in [5.41, 5.74) is 1.73. The van der Waals surface area contributed by atoms with E-state index in [-0.39, 0.29) is 11.8 Å². The molecule has 3 aromatic rings. The number of carbonyl (C=O) groups is 3. The Morgan fingerprint density at radius 1 is 0.889 bits per heavy atom. The zero-order chi connectivity index (χ0) is 32.8. The number of hydrogen-bond acceptors (Lipinski definition) is 5. The molecule has 0 saturated heterocycles. The third-order valence-electron chi connectivity index (χ3n) is 7.61. The summed E-state index contributed by atoms with van der Waals surface area (Å²) in [5.74, 6) is 0.0762. The van der Waals surface area contributed by atoms with Gasteiger partial charge in [0.1, 0.15) is 17.7 Å². The molecule has 2 atom stereocenters. The number of nitrogens with one attached hydrogen (secondary N) is 2. The molecule has 3 aromatic carbocycles. The zero-order valence-electron chi connectivity index (χ0n) is 27.9. The van der Waals surface area contributed by atoms with Crippen LogP contribution in [-0.2, 0) is 14.3 Å². The maximum atomic E-state index is 14.5. The third kappa shape index (κ3) is 11.7. The summed E-state index contributed by atoms with van der Waals surface area (Å²) >= 11 is 1.60. The number of rotatable bonds is 16. The fraction of sp³-hybridized carbons (Fsp3) is 0.486. The first-order valence-electron chi connectivity index (χ1n) is 16.2. The van der Waals surface area contributed by atoms with Gasteiger partial charge in [-0.15, -0.1) is 0 Å². The lowest BCUT2D eigenvalue weighted by Gasteiger charge is -2.34. The summed E-state index contributed by atoms with van der Waals surface area (Å²) in [6.45, 7) is 9.95. The van der Waals surface area contributed by atoms with Crippen LogP contribution in [-0.4, -0.2) is 53.0 Å². The molecule has 0 radical (unpaired) electrons. The molecule has 0 heterocycles. The van der Waals surface area contributed by atoms with Gasteiger partial charge in [0.05, 0.1) is 0 Å². The van der Waals surface area contributed by atoms with Crippen molar-refractivity contribution in [1.29, 1.82) is 0 Å². The van der Waals surface area contributed by atoms with E-state index in [1.54, 1.807) is 37.4 Å². The fourth-order valence-corrected chi connectivity index (χ4v) is 5.74. The van der Waals surface area contributed by atoms with E-state index in [1.165, 1.54) is 6.42 Å². The van der Waals surface area contributed by atoms with Gasteiger partial charge in [0.15, 0.2) is 0 Å². The molecule has 244 valence electrons. The Hall–Kier alpha value is -3.52. The van der Waals surface area contributed by atoms with Gasteiger partial charge in [-0.1, -0.05) is 99.2 Å². The second-order valence-corrected chi connectivity index (χ2v) is 13.6. The molecule has 0 bridgehead atoms. The molecule has 0 aliphatic carbocycles. The van der Waals surface area contributed by atoms with Crippen molar-refractivity contribution >= 4 is 46.1 Å². The number of nitrogens with zero attached hydrogens (tertiary/aromatic N) is 1. The van der Waals surface area contributed by atoms with Crippen LogP contribution in [0.3, 0.4) is 0 Å². The summed E-state index contributed by atoms with van der Waals surface area (Å²) < 4.78 is 5.53. The van der Waals surface area contributed by atoms with Crippen LogP contribution in [0.4, 0.5) is 10.5 Å². The number of carbonyl (C=O) groups excluding carboxylic acids is 3. The molecule has 8 heteroatoms. The molecule has 2 unspecified atom stereocenters. The highest BCUT2D eigenvalue weighted by molar-refractivity contribution is 7.98. The predicted octanol–water partition coefficient (Wildman–Crippen LogP) is 8.66. The fourth-order valence-electron chi connectivity index (χ4n) is 5.27. The van der Waals surface area contributed by atoms with E-state index in [0.29, 0.717) is 24.4 Å². The molecule has 7 nitrogen and oxygen atoms in total. The Labute approximate surface area is 273 Å². The van der Waals surface area contributed by atoms with E-state index in [4.69, 9.17) is 4.74 Å². The van der Waals surface area contributed by atoms with Gasteiger partial charge in [0.2, 0.25) is 5.91 Å². The summed E-state index contributed by atoms with van der Waals surface area (Å²) in [4.78, 5) is 43.3. The SMILES string of the molecule is CCCCCCCCN(C(=O)C(CCSC)NC(=O)OC(C)(C)C)C(C(=O)Nc1ccc2ccccc2c1)c1ccc(C)cc1. The number of ether oxygens (including phenoxy) is 1. The van der Waals surface area contributed by atoms with Crippen molar-refractivity contribution in [2.75, 3.05) is 23.9 Å². The van der Waals surface area contributed by atoms with Crippen molar-refractivity contribution in [3.63, 3.8) is 0 Å². The number of thioether (sulfide) groups is 1. The summed E-state index contributed by atoms with van der Waals surface area (Å²) in [6.07, 6.45) is 7.99. The van der Waals surface area contributed by atoms with Gasteiger partial charge in [-0.2, -0.15) is 11.8 Å². The number of fused-ring (bicyclic) bond motifs is 1. The minimum atomic E-state index is -0.891. The number of benzene rings is 3. The highest BCUT2D eigenvalue weighted by Crippen LogP contribution is 2.27. The van der Waals surface area contributed by atoms with Crippen LogP contribution in [0.15, 0.2) is 66.7 Å². The Bertz CT molecular complexity index is 1390. The van der Waals surface area contributed by atoms with Gasteiger partial charge in [0.25, 0.3) is 5.91 Å². The van der Waals surface area contributed by atoms with E-state index >= 15 is 0 Å². The first kappa shape index (κ1) is 36.0. The number of hydrogen-bond donors (Lipinski definition) is 2. The molecule has 2 N–H and O–H groups in total. The van der Waals surface area contributed by atoms with Crippen LogP contribution in [0.2, 0.25) is 0 Å². The Morgan fingerprint density at radius 3 is 2.22 bits per heavy atom. The lowest BCUT2D eigenvalue weighted by Crippen LogP contribution is -2.52. The smallest absolute Gasteiger partial charge is 0.408 e. The third-order valence-corrected chi connectivity index (χ3v) is 8.25. The standard InChI is InChI=1S/C37H51N3O4S/c1-7-8-9-10-11-14-24-40(35(42)32(23-25-45-6)39-36(43)44-37(3,4)5)33(29-19-17-27(2)18-20-29)34(41)38-31-22-21-28-15-12-13-16-30(28)26-31/h12-13,15-22,26,32-33H,7-11,14,23-25H2,1-6H3,(H,38,41)(H,39,43). The highest BCUT2D eigenvalue weighted by Gasteiger charge is 2.36. The number of aryl methyl sites for hydroxylation is 1. The van der Waals surface area contributed by atoms with Crippen LogP contribution in [0.1, 0.15) is 89.8 Å². The highest BCUT2D eigenvalue weighted by atomic mass is 32.2. The van der Waals surface area contributed by atoms with Gasteiger partial charge in [0, 0.05) is 12.2 Å². The van der Waals surface area contributed by atoms with Crippen LogP contribution in [0.25, 0.3) is 10.8 Å². The van der Waals surface area contributed by atoms with E-state index in [1.807, 2.05) is 79.9 Å². The van der Waals surface area contributed by atoms with Crippen molar-refractivity contribution in [1.82, 2.24) is 10.2 Å². The van der Waals surface area contributed by atoms with Gasteiger partial charge in [-0.25, -0.2) is 4.79 Å². The van der Waals surface area contributed by atoms with Gasteiger partial charge >= 0.3 is 6.09 Å². The van der Waals surface area contributed by atoms with Gasteiger partial charge < -0.3 is 20.3 Å². The normalized spacial score (nSPS) is 12.8. The largest absolute Gasteiger partial charge is 0.444 e. The monoisotopic (exact) mass is 633 g/mol. The molecule has 0 aliphatic rings. The first-order chi connectivity index (χ1) is 21.5. The minimum absolute atomic E-state index is 0.289. The summed E-state index contributed by atoms with van der Waals surface area (Å²) in [7, 11) is 0. The van der Waals surface area contributed by atoms with Crippen LogP contribution in [0, 0.1) is 6.92 Å². The minimum Gasteiger partial charge on any atom is -0.444 e. The molecular formula is C37H51N3O4S. The predicted molar refractivity (Wildman–Crippen MR) is 188 cm³/mol. The number of amides is 3. The van der Waals surface area contributed by atoms with Crippen LogP contribution >= 0.6 is 11.8 Å². The second kappa shape index (κ2) is 17.8. The lowest BCUT2D eigenvalue weighted by atomic mass is 10.00. The van der Waals surface area contributed by atoms with Crippen molar-refractivity contribution in [3.8, 4) is 0 Å². The quantitative estimate of drug-likeness (QED) is 0.154. The molecule has 0 saturated carbocycles. The van der Waals surface area contributed by atoms with Crippen LogP contribution < -0.4 is 10.6 Å². The number of alkyl carbamates (subject to hydrolysis) is 1. The maximum Gasteiger partial charge on any atom is 0.408 e. The van der Waals surface area contributed by atoms with Crippen molar-refractivity contribution < 1.29 is 19.1 Å². The second-order valence-electron chi connectivity index (χ2n) is 12.6. The Kier molecular flexibility index (Phi) is 14.2. The topological polar surface area (TPSA) is 87.7 Å². The molecule has 3 amide bonds. The summed E-state index contributed by atoms with van der Waals surface area (Å²) in [5, 5.41) is 8.03. The molecular weight excluding hydrogens is 582 g/mol. The molecule has 0 aliphatic heterocycles. The van der Waals surface area contributed by atoms with Crippen molar-refractivity contribution in [3.05, 3.63) is 77.9 Å². The molecule has 0 aromatic heterocycles. The maximum absolute atomic E-state index is 14.5. The Balaban J connectivity index is 1.99. The van der Waals surface area contributed by atoms with E-state index in [9.17, 15) is 14.4 Å². The average molecular weight is 634 g/mol. The van der Waals surface area contributed by atoms with E-state index in [2.05, 4.69) is 17.6 Å². The number of anilines is 1. The lowest BCUT2D eigenvalue weighted by molar-refractivity contribution is -0.141. The molecule has 45 heavy (non-hydrogen) atoms. The van der Waals surface area contributed by atoms with E-state index < -0.39 is 23.8 Å². The van der Waals surface area contributed by atoms with Crippen molar-refractivity contribution in [2.45, 2.75) is 97.2 Å². The molecule has 0 spiro atoms. The average Bonchev–Trinajstić information content (AvgIpc) is 2.99.